The van der Waals surface area contributed by atoms with E-state index in [0.29, 0.717) is 21.4 Å². The van der Waals surface area contributed by atoms with E-state index in [1.807, 2.05) is 0 Å². The molecule has 8 nitrogen and oxygen atoms in total. The number of halogens is 7. The van der Waals surface area contributed by atoms with Crippen LogP contribution in [0.1, 0.15) is 44.2 Å². The highest BCUT2D eigenvalue weighted by atomic mass is 19.4. The van der Waals surface area contributed by atoms with Crippen molar-refractivity contribution in [2.24, 2.45) is 0 Å². The van der Waals surface area contributed by atoms with Gasteiger partial charge in [-0.05, 0) is 74.5 Å². The summed E-state index contributed by atoms with van der Waals surface area (Å²) in [5.74, 6) is -2.57. The summed E-state index contributed by atoms with van der Waals surface area (Å²) in [6.07, 6.45) is -13.2. The number of carboxylic acids is 1. The van der Waals surface area contributed by atoms with Crippen LogP contribution in [0.3, 0.4) is 0 Å². The molecule has 3 aromatic carbocycles. The fourth-order valence-electron chi connectivity index (χ4n) is 4.03. The van der Waals surface area contributed by atoms with Crippen LogP contribution in [-0.4, -0.2) is 37.2 Å². The van der Waals surface area contributed by atoms with Crippen LogP contribution < -0.4 is 15.2 Å². The summed E-state index contributed by atoms with van der Waals surface area (Å²) in [6.45, 7) is 2.61. The first-order chi connectivity index (χ1) is 20.5. The largest absolute Gasteiger partial charge is 0.482 e. The Morgan fingerprint density at radius 2 is 1.50 bits per heavy atom. The molecule has 0 bridgehead atoms. The van der Waals surface area contributed by atoms with Gasteiger partial charge in [0.1, 0.15) is 17.3 Å². The van der Waals surface area contributed by atoms with Crippen molar-refractivity contribution in [3.05, 3.63) is 100 Å². The number of carbonyl (C=O) groups is 1. The summed E-state index contributed by atoms with van der Waals surface area (Å²) in [7, 11) is 0. The standard InChI is InChI=1S/C29H24F7N3O5/c1-27(2,25(40)41)44-20-13-11-19(12-14-20)43-23(15-16-28(31,32)33)24-37-39(18-9-7-17(8-10-18)29(34,35)36)26(42)38(24)22-6-4-3-5-21(22)30/h3-14,23H,15-16H2,1-2H3,(H,40,41). The number of rotatable bonds is 10. The number of hydrogen-bond acceptors (Lipinski definition) is 5. The van der Waals surface area contributed by atoms with Crippen LogP contribution in [0, 0.1) is 5.82 Å². The van der Waals surface area contributed by atoms with Crippen molar-refractivity contribution < 1.29 is 50.1 Å². The number of carboxylic acid groups (broad SMARTS) is 1. The van der Waals surface area contributed by atoms with Crippen LogP contribution in [-0.2, 0) is 11.0 Å². The first-order valence-electron chi connectivity index (χ1n) is 12.9. The molecule has 1 heterocycles. The Balaban J connectivity index is 1.81. The van der Waals surface area contributed by atoms with Crippen molar-refractivity contribution in [1.82, 2.24) is 14.3 Å². The van der Waals surface area contributed by atoms with Crippen LogP contribution in [0.25, 0.3) is 11.4 Å². The maximum absolute atomic E-state index is 14.9. The molecule has 0 aliphatic rings. The Morgan fingerprint density at radius 1 is 0.909 bits per heavy atom. The van der Waals surface area contributed by atoms with Crippen molar-refractivity contribution in [3.8, 4) is 22.9 Å². The minimum Gasteiger partial charge on any atom is -0.482 e. The molecule has 1 N–H and O–H groups in total. The molecule has 1 aromatic heterocycles. The lowest BCUT2D eigenvalue weighted by Gasteiger charge is -2.22. The number of aromatic nitrogens is 3. The molecule has 1 unspecified atom stereocenters. The van der Waals surface area contributed by atoms with E-state index in [1.54, 1.807) is 0 Å². The van der Waals surface area contributed by atoms with Crippen molar-refractivity contribution in [1.29, 1.82) is 0 Å². The number of para-hydroxylation sites is 1. The minimum atomic E-state index is -4.68. The van der Waals surface area contributed by atoms with Gasteiger partial charge in [0.2, 0.25) is 0 Å². The topological polar surface area (TPSA) is 95.6 Å². The van der Waals surface area contributed by atoms with Gasteiger partial charge in [-0.1, -0.05) is 12.1 Å². The zero-order valence-corrected chi connectivity index (χ0v) is 23.0. The fourth-order valence-corrected chi connectivity index (χ4v) is 4.03. The molecule has 4 aromatic rings. The molecule has 0 amide bonds. The zero-order valence-electron chi connectivity index (χ0n) is 23.0. The second-order valence-electron chi connectivity index (χ2n) is 10.0. The van der Waals surface area contributed by atoms with Gasteiger partial charge in [-0.2, -0.15) is 31.0 Å². The SMILES string of the molecule is CC(C)(Oc1ccc(OC(CCC(F)(F)F)c2nn(-c3ccc(C(F)(F)F)cc3)c(=O)n2-c2ccccc2F)cc1)C(=O)O. The number of alkyl halides is 6. The molecule has 0 saturated carbocycles. The van der Waals surface area contributed by atoms with Crippen molar-refractivity contribution in [3.63, 3.8) is 0 Å². The van der Waals surface area contributed by atoms with Crippen LogP contribution in [0.2, 0.25) is 0 Å². The van der Waals surface area contributed by atoms with Gasteiger partial charge in [-0.25, -0.2) is 18.5 Å². The number of hydrogen-bond donors (Lipinski definition) is 1. The first-order valence-corrected chi connectivity index (χ1v) is 12.9. The summed E-state index contributed by atoms with van der Waals surface area (Å²) in [4.78, 5) is 24.9. The van der Waals surface area contributed by atoms with Crippen LogP contribution >= 0.6 is 0 Å². The van der Waals surface area contributed by atoms with Gasteiger partial charge in [-0.15, -0.1) is 5.10 Å². The number of aliphatic carboxylic acids is 1. The molecule has 0 saturated heterocycles. The summed E-state index contributed by atoms with van der Waals surface area (Å²) in [6, 6.07) is 13.3. The molecule has 15 heteroatoms. The molecule has 0 aliphatic carbocycles. The Bertz CT molecular complexity index is 1680. The lowest BCUT2D eigenvalue weighted by Crippen LogP contribution is -2.37. The van der Waals surface area contributed by atoms with Gasteiger partial charge in [0.15, 0.2) is 17.5 Å². The van der Waals surface area contributed by atoms with Crippen molar-refractivity contribution in [2.45, 2.75) is 50.7 Å². The van der Waals surface area contributed by atoms with E-state index in [-0.39, 0.29) is 22.9 Å². The molecule has 44 heavy (non-hydrogen) atoms. The smallest absolute Gasteiger partial charge is 0.416 e. The van der Waals surface area contributed by atoms with Gasteiger partial charge in [-0.3, -0.25) is 0 Å². The average molecular weight is 628 g/mol. The van der Waals surface area contributed by atoms with E-state index in [9.17, 15) is 45.4 Å². The van der Waals surface area contributed by atoms with Crippen LogP contribution in [0.5, 0.6) is 11.5 Å². The van der Waals surface area contributed by atoms with Gasteiger partial charge in [0.25, 0.3) is 0 Å². The monoisotopic (exact) mass is 627 g/mol. The van der Waals surface area contributed by atoms with E-state index in [1.165, 1.54) is 56.3 Å². The molecule has 0 fully saturated rings. The zero-order chi connectivity index (χ0) is 32.4. The molecule has 0 aliphatic heterocycles. The van der Waals surface area contributed by atoms with Gasteiger partial charge in [0.05, 0.1) is 16.9 Å². The first kappa shape index (κ1) is 32.1. The summed E-state index contributed by atoms with van der Waals surface area (Å²) >= 11 is 0. The highest BCUT2D eigenvalue weighted by Gasteiger charge is 2.34. The molecule has 0 radical (unpaired) electrons. The summed E-state index contributed by atoms with van der Waals surface area (Å²) in [5.41, 5.74) is -4.25. The summed E-state index contributed by atoms with van der Waals surface area (Å²) < 4.78 is 107. The molecule has 234 valence electrons. The summed E-state index contributed by atoms with van der Waals surface area (Å²) in [5, 5.41) is 13.4. The Kier molecular flexibility index (Phi) is 8.79. The van der Waals surface area contributed by atoms with Crippen molar-refractivity contribution in [2.75, 3.05) is 0 Å². The molecule has 4 rings (SSSR count). The minimum absolute atomic E-state index is 0.0331. The lowest BCUT2D eigenvalue weighted by atomic mass is 10.1. The Hall–Kier alpha value is -4.82. The number of ether oxygens (including phenoxy) is 2. The van der Waals surface area contributed by atoms with Gasteiger partial charge >= 0.3 is 24.0 Å². The van der Waals surface area contributed by atoms with Crippen molar-refractivity contribution >= 4 is 5.97 Å². The maximum atomic E-state index is 14.9. The number of benzene rings is 3. The normalized spacial score (nSPS) is 13.0. The van der Waals surface area contributed by atoms with E-state index >= 15 is 0 Å². The van der Waals surface area contributed by atoms with Crippen LogP contribution in [0.15, 0.2) is 77.6 Å². The van der Waals surface area contributed by atoms with Crippen LogP contribution in [0.4, 0.5) is 30.7 Å². The third-order valence-electron chi connectivity index (χ3n) is 6.30. The number of nitrogens with zero attached hydrogens (tertiary/aromatic N) is 3. The molecular formula is C29H24F7N3O5. The quantitative estimate of drug-likeness (QED) is 0.193. The van der Waals surface area contributed by atoms with E-state index in [4.69, 9.17) is 9.47 Å². The predicted molar refractivity (Wildman–Crippen MR) is 142 cm³/mol. The highest BCUT2D eigenvalue weighted by molar-refractivity contribution is 5.76. The molecule has 1 atom stereocenters. The molecule has 0 spiro atoms. The highest BCUT2D eigenvalue weighted by Crippen LogP contribution is 2.33. The maximum Gasteiger partial charge on any atom is 0.416 e. The average Bonchev–Trinajstić information content (AvgIpc) is 3.27. The predicted octanol–water partition coefficient (Wildman–Crippen LogP) is 6.89. The van der Waals surface area contributed by atoms with E-state index < -0.39 is 65.8 Å². The van der Waals surface area contributed by atoms with Gasteiger partial charge < -0.3 is 14.6 Å². The third kappa shape index (κ3) is 7.38. The van der Waals surface area contributed by atoms with E-state index in [0.717, 1.165) is 18.2 Å². The fraction of sp³-hybridized carbons (Fsp3) is 0.276. The van der Waals surface area contributed by atoms with Gasteiger partial charge in [0, 0.05) is 12.8 Å². The third-order valence-corrected chi connectivity index (χ3v) is 6.30. The Labute approximate surface area is 244 Å². The Morgan fingerprint density at radius 3 is 2.05 bits per heavy atom. The second-order valence-corrected chi connectivity index (χ2v) is 10.0. The lowest BCUT2D eigenvalue weighted by molar-refractivity contribution is -0.152. The molecular weight excluding hydrogens is 603 g/mol. The van der Waals surface area contributed by atoms with E-state index in [2.05, 4.69) is 5.10 Å². The second kappa shape index (κ2) is 12.1.